The molecule has 0 spiro atoms. The smallest absolute Gasteiger partial charge is 0.136 e. The van der Waals surface area contributed by atoms with E-state index in [-0.39, 0.29) is 0 Å². The first-order valence-corrected chi connectivity index (χ1v) is 11.1. The topological polar surface area (TPSA) is 61.6 Å². The van der Waals surface area contributed by atoms with Gasteiger partial charge in [-0.1, -0.05) is 0 Å². The van der Waals surface area contributed by atoms with E-state index in [2.05, 4.69) is 27.7 Å². The van der Waals surface area contributed by atoms with Gasteiger partial charge in [-0.3, -0.25) is 4.98 Å². The van der Waals surface area contributed by atoms with Crippen molar-refractivity contribution in [2.45, 2.75) is 32.9 Å². The van der Waals surface area contributed by atoms with Crippen molar-refractivity contribution in [2.24, 2.45) is 5.92 Å². The molecule has 4 heterocycles. The molecule has 5 rings (SSSR count). The Morgan fingerprint density at radius 3 is 2.67 bits per heavy atom. The van der Waals surface area contributed by atoms with E-state index in [1.165, 1.54) is 16.6 Å². The van der Waals surface area contributed by atoms with Crippen molar-refractivity contribution in [3.8, 4) is 0 Å². The number of hydrogen-bond acceptors (Lipinski definition) is 6. The van der Waals surface area contributed by atoms with E-state index in [4.69, 9.17) is 24.2 Å². The summed E-state index contributed by atoms with van der Waals surface area (Å²) in [5.41, 5.74) is 4.36. The van der Waals surface area contributed by atoms with Crippen LogP contribution in [-0.2, 0) is 27.4 Å². The minimum atomic E-state index is 0.527. The molecule has 7 heteroatoms. The van der Waals surface area contributed by atoms with Crippen LogP contribution in [0.3, 0.4) is 0 Å². The first kappa shape index (κ1) is 19.7. The monoisotopic (exact) mass is 410 g/mol. The lowest BCUT2D eigenvalue weighted by Gasteiger charge is -2.29. The normalized spacial score (nSPS) is 18.5. The Morgan fingerprint density at radius 2 is 1.87 bits per heavy atom. The van der Waals surface area contributed by atoms with Crippen molar-refractivity contribution in [2.75, 3.05) is 51.0 Å². The first-order valence-electron chi connectivity index (χ1n) is 11.1. The van der Waals surface area contributed by atoms with Gasteiger partial charge >= 0.3 is 0 Å². The second-order valence-electron chi connectivity index (χ2n) is 8.12. The second-order valence-corrected chi connectivity index (χ2v) is 8.12. The van der Waals surface area contributed by atoms with Gasteiger partial charge in [0.15, 0.2) is 0 Å². The minimum absolute atomic E-state index is 0.527. The van der Waals surface area contributed by atoms with E-state index in [1.807, 2.05) is 13.1 Å². The van der Waals surface area contributed by atoms with Crippen LogP contribution in [-0.4, -0.2) is 60.7 Å². The summed E-state index contributed by atoms with van der Waals surface area (Å²) < 4.78 is 19.3. The number of hydrogen-bond donors (Lipinski definition) is 0. The van der Waals surface area contributed by atoms with Gasteiger partial charge in [0.2, 0.25) is 0 Å². The van der Waals surface area contributed by atoms with Gasteiger partial charge < -0.3 is 23.7 Å². The summed E-state index contributed by atoms with van der Waals surface area (Å²) in [6.45, 7) is 9.28. The third-order valence-electron chi connectivity index (χ3n) is 6.23. The number of imidazole rings is 1. The molecule has 0 unspecified atom stereocenters. The van der Waals surface area contributed by atoms with Crippen molar-refractivity contribution in [3.63, 3.8) is 0 Å². The number of benzene rings is 1. The molecule has 1 aromatic carbocycles. The standard InChI is InChI=1S/C23H30N4O3/c1-2-28-16-22-25-21-14-24-20-4-3-18(26-7-11-30-12-8-26)13-19(20)23(21)27(22)15-17-5-9-29-10-6-17/h3-4,13-14,17H,2,5-12,15-16H2,1H3. The maximum Gasteiger partial charge on any atom is 0.136 e. The zero-order valence-corrected chi connectivity index (χ0v) is 17.7. The van der Waals surface area contributed by atoms with E-state index in [9.17, 15) is 0 Å². The molecule has 2 aliphatic heterocycles. The van der Waals surface area contributed by atoms with Crippen molar-refractivity contribution >= 4 is 27.6 Å². The molecule has 0 bridgehead atoms. The van der Waals surface area contributed by atoms with Gasteiger partial charge in [0.1, 0.15) is 17.9 Å². The van der Waals surface area contributed by atoms with E-state index in [0.29, 0.717) is 19.1 Å². The number of aromatic nitrogens is 3. The van der Waals surface area contributed by atoms with E-state index in [1.54, 1.807) is 0 Å². The molecule has 0 atom stereocenters. The van der Waals surface area contributed by atoms with Crippen LogP contribution >= 0.6 is 0 Å². The van der Waals surface area contributed by atoms with E-state index >= 15 is 0 Å². The van der Waals surface area contributed by atoms with Gasteiger partial charge in [0, 0.05) is 50.5 Å². The summed E-state index contributed by atoms with van der Waals surface area (Å²) in [5.74, 6) is 1.59. The molecule has 0 aliphatic carbocycles. The molecule has 2 aromatic heterocycles. The highest BCUT2D eigenvalue weighted by Gasteiger charge is 2.21. The molecular weight excluding hydrogens is 380 g/mol. The molecule has 2 saturated heterocycles. The average molecular weight is 411 g/mol. The molecule has 160 valence electrons. The highest BCUT2D eigenvalue weighted by molar-refractivity contribution is 6.03. The number of pyridine rings is 1. The van der Waals surface area contributed by atoms with Crippen LogP contribution in [0.1, 0.15) is 25.6 Å². The highest BCUT2D eigenvalue weighted by atomic mass is 16.5. The maximum absolute atomic E-state index is 5.76. The summed E-state index contributed by atoms with van der Waals surface area (Å²) in [6.07, 6.45) is 4.09. The fourth-order valence-electron chi connectivity index (χ4n) is 4.56. The third-order valence-corrected chi connectivity index (χ3v) is 6.23. The zero-order chi connectivity index (χ0) is 20.3. The third kappa shape index (κ3) is 3.89. The van der Waals surface area contributed by atoms with Crippen molar-refractivity contribution < 1.29 is 14.2 Å². The summed E-state index contributed by atoms with van der Waals surface area (Å²) in [4.78, 5) is 12.0. The van der Waals surface area contributed by atoms with Crippen LogP contribution < -0.4 is 4.90 Å². The van der Waals surface area contributed by atoms with Crippen LogP contribution in [0.4, 0.5) is 5.69 Å². The first-order chi connectivity index (χ1) is 14.8. The zero-order valence-electron chi connectivity index (χ0n) is 17.7. The Morgan fingerprint density at radius 1 is 1.07 bits per heavy atom. The summed E-state index contributed by atoms with van der Waals surface area (Å²) >= 11 is 0. The SMILES string of the molecule is CCOCc1nc2cnc3ccc(N4CCOCC4)cc3c2n1CC1CCOCC1. The molecular formula is C23H30N4O3. The largest absolute Gasteiger partial charge is 0.381 e. The highest BCUT2D eigenvalue weighted by Crippen LogP contribution is 2.31. The number of anilines is 1. The Balaban J connectivity index is 1.61. The van der Waals surface area contributed by atoms with Crippen LogP contribution in [0.5, 0.6) is 0 Å². The number of ether oxygens (including phenoxy) is 3. The molecule has 0 saturated carbocycles. The van der Waals surface area contributed by atoms with Gasteiger partial charge in [0.25, 0.3) is 0 Å². The van der Waals surface area contributed by atoms with Crippen molar-refractivity contribution in [3.05, 3.63) is 30.2 Å². The summed E-state index contributed by atoms with van der Waals surface area (Å²) in [7, 11) is 0. The Hall–Kier alpha value is -2.22. The number of morpholine rings is 1. The molecule has 30 heavy (non-hydrogen) atoms. The molecule has 0 N–H and O–H groups in total. The van der Waals surface area contributed by atoms with Crippen LogP contribution in [0.15, 0.2) is 24.4 Å². The number of fused-ring (bicyclic) bond motifs is 3. The Kier molecular flexibility index (Phi) is 5.84. The molecule has 2 aliphatic rings. The van der Waals surface area contributed by atoms with Crippen LogP contribution in [0, 0.1) is 5.92 Å². The quantitative estimate of drug-likeness (QED) is 0.621. The lowest BCUT2D eigenvalue weighted by Crippen LogP contribution is -2.36. The van der Waals surface area contributed by atoms with Gasteiger partial charge in [-0.2, -0.15) is 0 Å². The maximum atomic E-state index is 5.76. The van der Waals surface area contributed by atoms with Crippen molar-refractivity contribution in [1.82, 2.24) is 14.5 Å². The van der Waals surface area contributed by atoms with Gasteiger partial charge in [-0.15, -0.1) is 0 Å². The summed E-state index contributed by atoms with van der Waals surface area (Å²) in [5, 5.41) is 1.17. The molecule has 2 fully saturated rings. The molecule has 0 amide bonds. The number of nitrogens with zero attached hydrogens (tertiary/aromatic N) is 4. The average Bonchev–Trinajstić information content (AvgIpc) is 3.16. The Bertz CT molecular complexity index is 1010. The van der Waals surface area contributed by atoms with Gasteiger partial charge in [-0.25, -0.2) is 4.98 Å². The molecule has 7 nitrogen and oxygen atoms in total. The summed E-state index contributed by atoms with van der Waals surface area (Å²) in [6, 6.07) is 6.59. The van der Waals surface area contributed by atoms with E-state index < -0.39 is 0 Å². The predicted molar refractivity (Wildman–Crippen MR) is 117 cm³/mol. The van der Waals surface area contributed by atoms with E-state index in [0.717, 1.165) is 75.8 Å². The Labute approximate surface area is 176 Å². The second kappa shape index (κ2) is 8.88. The fourth-order valence-corrected chi connectivity index (χ4v) is 4.56. The van der Waals surface area contributed by atoms with Gasteiger partial charge in [-0.05, 0) is 43.9 Å². The predicted octanol–water partition coefficient (Wildman–Crippen LogP) is 3.38. The van der Waals surface area contributed by atoms with Gasteiger partial charge in [0.05, 0.1) is 30.4 Å². The fraction of sp³-hybridized carbons (Fsp3) is 0.565. The lowest BCUT2D eigenvalue weighted by atomic mass is 10.00. The minimum Gasteiger partial charge on any atom is -0.381 e. The lowest BCUT2D eigenvalue weighted by molar-refractivity contribution is 0.0602. The number of rotatable bonds is 6. The van der Waals surface area contributed by atoms with Crippen LogP contribution in [0.25, 0.3) is 21.9 Å². The van der Waals surface area contributed by atoms with Crippen LogP contribution in [0.2, 0.25) is 0 Å². The molecule has 0 radical (unpaired) electrons. The molecule has 3 aromatic rings. The van der Waals surface area contributed by atoms with Crippen molar-refractivity contribution in [1.29, 1.82) is 0 Å².